The molecule has 0 saturated carbocycles. The van der Waals surface area contributed by atoms with E-state index in [2.05, 4.69) is 4.98 Å². The first kappa shape index (κ1) is 23.5. The lowest BCUT2D eigenvalue weighted by molar-refractivity contribution is -0.135. The van der Waals surface area contributed by atoms with Crippen molar-refractivity contribution in [1.29, 1.82) is 0 Å². The largest absolute Gasteiger partial charge is 0.388 e. The maximum absolute atomic E-state index is 13.8. The molecule has 31 heavy (non-hydrogen) atoms. The minimum Gasteiger partial charge on any atom is -0.388 e. The van der Waals surface area contributed by atoms with Crippen LogP contribution in [0.5, 0.6) is 0 Å². The molecule has 1 amide bonds. The van der Waals surface area contributed by atoms with Gasteiger partial charge in [0, 0.05) is 42.7 Å². The molecule has 168 valence electrons. The van der Waals surface area contributed by atoms with E-state index in [4.69, 9.17) is 11.6 Å². The molecular weight excluding hydrogens is 417 g/mol. The van der Waals surface area contributed by atoms with Crippen LogP contribution in [0.3, 0.4) is 0 Å². The fourth-order valence-corrected chi connectivity index (χ4v) is 4.29. The molecule has 0 radical (unpaired) electrons. The number of anilines is 1. The van der Waals surface area contributed by atoms with E-state index in [1.165, 1.54) is 12.3 Å². The van der Waals surface area contributed by atoms with Crippen molar-refractivity contribution in [3.05, 3.63) is 58.0 Å². The molecular formula is C24H31ClFN3O2. The Labute approximate surface area is 188 Å². The van der Waals surface area contributed by atoms with Crippen molar-refractivity contribution in [2.45, 2.75) is 40.2 Å². The molecule has 1 N–H and O–H groups in total. The topological polar surface area (TPSA) is 56.7 Å². The summed E-state index contributed by atoms with van der Waals surface area (Å²) in [6.45, 7) is 9.98. The van der Waals surface area contributed by atoms with Crippen molar-refractivity contribution in [3.63, 3.8) is 0 Å². The van der Waals surface area contributed by atoms with Gasteiger partial charge in [-0.25, -0.2) is 9.37 Å². The number of hydrogen-bond donors (Lipinski definition) is 1. The summed E-state index contributed by atoms with van der Waals surface area (Å²) in [5, 5.41) is 11.2. The summed E-state index contributed by atoms with van der Waals surface area (Å²) < 4.78 is 13.8. The maximum atomic E-state index is 13.8. The Kier molecular flexibility index (Phi) is 7.55. The van der Waals surface area contributed by atoms with Gasteiger partial charge in [-0.2, -0.15) is 0 Å². The average molecular weight is 448 g/mol. The second-order valence-electron chi connectivity index (χ2n) is 8.77. The van der Waals surface area contributed by atoms with Crippen molar-refractivity contribution in [2.75, 3.05) is 31.1 Å². The molecule has 7 heteroatoms. The molecule has 0 aliphatic carbocycles. The lowest BCUT2D eigenvalue weighted by atomic mass is 9.98. The van der Waals surface area contributed by atoms with Crippen LogP contribution in [0.1, 0.15) is 43.6 Å². The Hall–Kier alpha value is -2.18. The monoisotopic (exact) mass is 447 g/mol. The number of aromatic nitrogens is 1. The molecule has 2 aromatic rings. The highest BCUT2D eigenvalue weighted by molar-refractivity contribution is 6.31. The molecule has 0 bridgehead atoms. The van der Waals surface area contributed by atoms with Crippen molar-refractivity contribution < 1.29 is 14.3 Å². The van der Waals surface area contributed by atoms with Gasteiger partial charge in [0.05, 0.1) is 12.3 Å². The van der Waals surface area contributed by atoms with Gasteiger partial charge in [-0.1, -0.05) is 44.5 Å². The summed E-state index contributed by atoms with van der Waals surface area (Å²) in [7, 11) is 0. The standard InChI is InChI=1S/C24H31ClFN3O2/c1-15(2)22(30)20-13-19(26)14-27-23(20)28-7-9-29(10-8-28)24(31)17(4)12-18-6-5-16(3)11-21(18)25/h5-6,11,13-15,17,22,30H,7-10,12H2,1-4H3. The number of aliphatic hydroxyl groups is 1. The van der Waals surface area contributed by atoms with Gasteiger partial charge < -0.3 is 14.9 Å². The highest BCUT2D eigenvalue weighted by Crippen LogP contribution is 2.30. The third-order valence-corrected chi connectivity index (χ3v) is 6.21. The van der Waals surface area contributed by atoms with E-state index in [0.29, 0.717) is 49.0 Å². The highest BCUT2D eigenvalue weighted by Gasteiger charge is 2.28. The molecule has 2 atom stereocenters. The number of hydrogen-bond acceptors (Lipinski definition) is 4. The van der Waals surface area contributed by atoms with Crippen LogP contribution in [0, 0.1) is 24.6 Å². The third-order valence-electron chi connectivity index (χ3n) is 5.86. The number of carbonyl (C=O) groups excluding carboxylic acids is 1. The van der Waals surface area contributed by atoms with Gasteiger partial charge in [0.25, 0.3) is 0 Å². The maximum Gasteiger partial charge on any atom is 0.225 e. The SMILES string of the molecule is Cc1ccc(CC(C)C(=O)N2CCN(c3ncc(F)cc3C(O)C(C)C)CC2)c(Cl)c1. The highest BCUT2D eigenvalue weighted by atomic mass is 35.5. The summed E-state index contributed by atoms with van der Waals surface area (Å²) in [4.78, 5) is 21.1. The fraction of sp³-hybridized carbons (Fsp3) is 0.500. The fourth-order valence-electron chi connectivity index (χ4n) is 3.97. The van der Waals surface area contributed by atoms with Gasteiger partial charge in [0.1, 0.15) is 11.6 Å². The lowest BCUT2D eigenvalue weighted by Crippen LogP contribution is -2.50. The van der Waals surface area contributed by atoms with Crippen LogP contribution in [0.4, 0.5) is 10.2 Å². The molecule has 1 aliphatic rings. The Bertz CT molecular complexity index is 929. The lowest BCUT2D eigenvalue weighted by Gasteiger charge is -2.37. The van der Waals surface area contributed by atoms with Gasteiger partial charge in [0.2, 0.25) is 5.91 Å². The van der Waals surface area contributed by atoms with E-state index in [0.717, 1.165) is 11.1 Å². The number of amides is 1. The molecule has 0 spiro atoms. The van der Waals surface area contributed by atoms with Crippen molar-refractivity contribution in [1.82, 2.24) is 9.88 Å². The van der Waals surface area contributed by atoms with E-state index in [-0.39, 0.29) is 17.7 Å². The summed E-state index contributed by atoms with van der Waals surface area (Å²) in [6.07, 6.45) is 0.983. The molecule has 3 rings (SSSR count). The molecule has 1 fully saturated rings. The molecule has 2 unspecified atom stereocenters. The Balaban J connectivity index is 1.65. The van der Waals surface area contributed by atoms with Crippen LogP contribution in [0.15, 0.2) is 30.5 Å². The van der Waals surface area contributed by atoms with E-state index >= 15 is 0 Å². The summed E-state index contributed by atoms with van der Waals surface area (Å²) in [6, 6.07) is 7.28. The molecule has 1 aromatic heterocycles. The van der Waals surface area contributed by atoms with Crippen LogP contribution >= 0.6 is 11.6 Å². The number of halogens is 2. The van der Waals surface area contributed by atoms with Crippen LogP contribution in [0.2, 0.25) is 5.02 Å². The Morgan fingerprint density at radius 2 is 1.87 bits per heavy atom. The average Bonchev–Trinajstić information content (AvgIpc) is 2.74. The van der Waals surface area contributed by atoms with E-state index in [1.54, 1.807) is 0 Å². The Morgan fingerprint density at radius 3 is 2.48 bits per heavy atom. The second kappa shape index (κ2) is 9.96. The number of nitrogens with zero attached hydrogens (tertiary/aromatic N) is 3. The van der Waals surface area contributed by atoms with Crippen LogP contribution in [0.25, 0.3) is 0 Å². The van der Waals surface area contributed by atoms with Crippen molar-refractivity contribution >= 4 is 23.3 Å². The normalized spacial score (nSPS) is 16.5. The van der Waals surface area contributed by atoms with E-state index < -0.39 is 11.9 Å². The van der Waals surface area contributed by atoms with Gasteiger partial charge >= 0.3 is 0 Å². The van der Waals surface area contributed by atoms with Crippen molar-refractivity contribution in [2.24, 2.45) is 11.8 Å². The molecule has 1 saturated heterocycles. The molecule has 5 nitrogen and oxygen atoms in total. The number of aliphatic hydroxyl groups excluding tert-OH is 1. The zero-order valence-electron chi connectivity index (χ0n) is 18.6. The molecule has 1 aromatic carbocycles. The smallest absolute Gasteiger partial charge is 0.225 e. The first-order chi connectivity index (χ1) is 14.7. The number of pyridine rings is 1. The van der Waals surface area contributed by atoms with Gasteiger partial charge in [-0.05, 0) is 42.5 Å². The molecule has 2 heterocycles. The summed E-state index contributed by atoms with van der Waals surface area (Å²) in [5.74, 6) is 0.00419. The van der Waals surface area contributed by atoms with E-state index in [9.17, 15) is 14.3 Å². The van der Waals surface area contributed by atoms with Crippen LogP contribution in [-0.2, 0) is 11.2 Å². The number of carbonyl (C=O) groups is 1. The number of aryl methyl sites for hydroxylation is 1. The third kappa shape index (κ3) is 5.55. The summed E-state index contributed by atoms with van der Waals surface area (Å²) in [5.41, 5.74) is 2.58. The minimum absolute atomic E-state index is 0.0559. The Morgan fingerprint density at radius 1 is 1.19 bits per heavy atom. The van der Waals surface area contributed by atoms with Gasteiger partial charge in [-0.3, -0.25) is 4.79 Å². The van der Waals surface area contributed by atoms with Gasteiger partial charge in [-0.15, -0.1) is 0 Å². The van der Waals surface area contributed by atoms with Gasteiger partial charge in [0.15, 0.2) is 0 Å². The molecule has 1 aliphatic heterocycles. The first-order valence-corrected chi connectivity index (χ1v) is 11.2. The van der Waals surface area contributed by atoms with Crippen LogP contribution < -0.4 is 4.90 Å². The zero-order valence-corrected chi connectivity index (χ0v) is 19.4. The number of piperazine rings is 1. The first-order valence-electron chi connectivity index (χ1n) is 10.8. The zero-order chi connectivity index (χ0) is 22.7. The predicted octanol–water partition coefficient (Wildman–Crippen LogP) is 4.40. The number of benzene rings is 1. The second-order valence-corrected chi connectivity index (χ2v) is 9.17. The summed E-state index contributed by atoms with van der Waals surface area (Å²) >= 11 is 6.34. The number of rotatable bonds is 6. The minimum atomic E-state index is -0.794. The van der Waals surface area contributed by atoms with Crippen LogP contribution in [-0.4, -0.2) is 47.1 Å². The van der Waals surface area contributed by atoms with E-state index in [1.807, 2.05) is 55.7 Å². The quantitative estimate of drug-likeness (QED) is 0.713. The van der Waals surface area contributed by atoms with Crippen molar-refractivity contribution in [3.8, 4) is 0 Å². The predicted molar refractivity (Wildman–Crippen MR) is 122 cm³/mol.